The van der Waals surface area contributed by atoms with Gasteiger partial charge in [0.25, 0.3) is 0 Å². The van der Waals surface area contributed by atoms with Crippen LogP contribution in [0.5, 0.6) is 0 Å². The predicted molar refractivity (Wildman–Crippen MR) is 94.9 cm³/mol. The summed E-state index contributed by atoms with van der Waals surface area (Å²) in [6, 6.07) is 15.0. The average Bonchev–Trinajstić information content (AvgIpc) is 2.93. The van der Waals surface area contributed by atoms with Gasteiger partial charge in [-0.2, -0.15) is 0 Å². The van der Waals surface area contributed by atoms with Crippen LogP contribution >= 0.6 is 0 Å². The molecule has 0 aliphatic rings. The smallest absolute Gasteiger partial charge is 0.0473 e. The minimum Gasteiger partial charge on any atom is -0.346 e. The molecule has 1 aromatic heterocycles. The van der Waals surface area contributed by atoms with Gasteiger partial charge in [0.05, 0.1) is 0 Å². The van der Waals surface area contributed by atoms with E-state index in [1.807, 2.05) is 6.08 Å². The third-order valence-electron chi connectivity index (χ3n) is 3.91. The number of nitrogens with zero attached hydrogens (tertiary/aromatic N) is 2. The number of benzene rings is 1. The Morgan fingerprint density at radius 3 is 2.59 bits per heavy atom. The summed E-state index contributed by atoms with van der Waals surface area (Å²) in [5, 5.41) is 0. The number of rotatable bonds is 9. The quantitative estimate of drug-likeness (QED) is 0.615. The van der Waals surface area contributed by atoms with E-state index >= 15 is 0 Å². The van der Waals surface area contributed by atoms with Gasteiger partial charge in [0.1, 0.15) is 0 Å². The third-order valence-corrected chi connectivity index (χ3v) is 3.91. The molecule has 0 unspecified atom stereocenters. The van der Waals surface area contributed by atoms with Crippen molar-refractivity contribution < 1.29 is 0 Å². The minimum absolute atomic E-state index is 0.739. The Balaban J connectivity index is 2.02. The molecule has 0 aliphatic carbocycles. The highest BCUT2D eigenvalue weighted by molar-refractivity contribution is 5.17. The summed E-state index contributed by atoms with van der Waals surface area (Å²) in [6.07, 6.45) is 5.41. The zero-order valence-electron chi connectivity index (χ0n) is 13.9. The van der Waals surface area contributed by atoms with Crippen molar-refractivity contribution in [1.29, 1.82) is 0 Å². The van der Waals surface area contributed by atoms with Crippen molar-refractivity contribution in [3.05, 3.63) is 72.6 Å². The van der Waals surface area contributed by atoms with E-state index in [4.69, 9.17) is 0 Å². The van der Waals surface area contributed by atoms with Gasteiger partial charge in [0.15, 0.2) is 0 Å². The lowest BCUT2D eigenvalue weighted by Gasteiger charge is -2.22. The van der Waals surface area contributed by atoms with E-state index in [0.29, 0.717) is 0 Å². The van der Waals surface area contributed by atoms with E-state index in [9.17, 15) is 0 Å². The summed E-state index contributed by atoms with van der Waals surface area (Å²) in [4.78, 5) is 2.48. The summed E-state index contributed by atoms with van der Waals surface area (Å²) in [6.45, 7) is 12.5. The topological polar surface area (TPSA) is 8.17 Å². The first-order valence-electron chi connectivity index (χ1n) is 8.20. The van der Waals surface area contributed by atoms with E-state index < -0.39 is 0 Å². The molecule has 1 heterocycles. The minimum atomic E-state index is 0.739. The molecule has 22 heavy (non-hydrogen) atoms. The monoisotopic (exact) mass is 296 g/mol. The number of aromatic nitrogens is 1. The second kappa shape index (κ2) is 8.60. The fourth-order valence-corrected chi connectivity index (χ4v) is 2.61. The molecular formula is C20H28N2. The van der Waals surface area contributed by atoms with Crippen LogP contribution in [0.2, 0.25) is 0 Å². The molecule has 0 amide bonds. The molecular weight excluding hydrogens is 268 g/mol. The summed E-state index contributed by atoms with van der Waals surface area (Å²) in [5.41, 5.74) is 2.71. The normalized spacial score (nSPS) is 11.3. The highest BCUT2D eigenvalue weighted by atomic mass is 15.1. The van der Waals surface area contributed by atoms with Gasteiger partial charge in [-0.05, 0) is 36.6 Å². The van der Waals surface area contributed by atoms with Crippen LogP contribution in [0.3, 0.4) is 0 Å². The summed E-state index contributed by atoms with van der Waals surface area (Å²) < 4.78 is 2.35. The summed E-state index contributed by atoms with van der Waals surface area (Å²) in [5.74, 6) is 0.739. The molecule has 118 valence electrons. The number of hydrogen-bond acceptors (Lipinski definition) is 1. The first kappa shape index (κ1) is 16.6. The van der Waals surface area contributed by atoms with Gasteiger partial charge in [0, 0.05) is 31.5 Å². The molecule has 0 spiro atoms. The second-order valence-corrected chi connectivity index (χ2v) is 6.32. The van der Waals surface area contributed by atoms with Crippen LogP contribution in [0.15, 0.2) is 61.3 Å². The molecule has 0 fully saturated rings. The summed E-state index contributed by atoms with van der Waals surface area (Å²) in [7, 11) is 0. The lowest BCUT2D eigenvalue weighted by molar-refractivity contribution is 0.269. The Bertz CT molecular complexity index is 554. The molecule has 0 bridgehead atoms. The molecule has 0 radical (unpaired) electrons. The van der Waals surface area contributed by atoms with Crippen molar-refractivity contribution in [2.45, 2.75) is 33.4 Å². The van der Waals surface area contributed by atoms with Crippen LogP contribution in [0.4, 0.5) is 0 Å². The molecule has 2 aromatic rings. The Labute approximate surface area is 135 Å². The first-order valence-corrected chi connectivity index (χ1v) is 8.20. The molecule has 0 atom stereocenters. The van der Waals surface area contributed by atoms with E-state index in [1.54, 1.807) is 0 Å². The van der Waals surface area contributed by atoms with E-state index in [2.05, 4.69) is 78.6 Å². The maximum absolute atomic E-state index is 3.90. The van der Waals surface area contributed by atoms with Crippen LogP contribution in [0, 0.1) is 5.92 Å². The largest absolute Gasteiger partial charge is 0.346 e. The molecule has 1 aromatic carbocycles. The standard InChI is InChI=1S/C20H28N2/c1-4-13-21(15-12-18(2)3)17-20-11-8-14-22(20)16-19-9-6-5-7-10-19/h4-11,14,18H,1,12-13,15-17H2,2-3H3. The van der Waals surface area contributed by atoms with Gasteiger partial charge < -0.3 is 4.57 Å². The van der Waals surface area contributed by atoms with Crippen LogP contribution in [0.25, 0.3) is 0 Å². The lowest BCUT2D eigenvalue weighted by atomic mass is 10.1. The third kappa shape index (κ3) is 5.19. The van der Waals surface area contributed by atoms with Crippen molar-refractivity contribution in [3.8, 4) is 0 Å². The van der Waals surface area contributed by atoms with Gasteiger partial charge in [0.2, 0.25) is 0 Å². The fourth-order valence-electron chi connectivity index (χ4n) is 2.61. The van der Waals surface area contributed by atoms with Crippen LogP contribution < -0.4 is 0 Å². The molecule has 2 rings (SSSR count). The zero-order chi connectivity index (χ0) is 15.8. The molecule has 0 aliphatic heterocycles. The zero-order valence-corrected chi connectivity index (χ0v) is 13.9. The van der Waals surface area contributed by atoms with Crippen LogP contribution in [-0.4, -0.2) is 22.6 Å². The van der Waals surface area contributed by atoms with Crippen molar-refractivity contribution in [2.24, 2.45) is 5.92 Å². The van der Waals surface area contributed by atoms with Crippen LogP contribution in [0.1, 0.15) is 31.5 Å². The second-order valence-electron chi connectivity index (χ2n) is 6.32. The first-order chi connectivity index (χ1) is 10.7. The van der Waals surface area contributed by atoms with Crippen LogP contribution in [-0.2, 0) is 13.1 Å². The molecule has 2 nitrogen and oxygen atoms in total. The van der Waals surface area contributed by atoms with Gasteiger partial charge in [-0.15, -0.1) is 6.58 Å². The Morgan fingerprint density at radius 1 is 1.14 bits per heavy atom. The fraction of sp³-hybridized carbons (Fsp3) is 0.400. The highest BCUT2D eigenvalue weighted by Crippen LogP contribution is 2.12. The molecule has 0 saturated carbocycles. The Hall–Kier alpha value is -1.80. The lowest BCUT2D eigenvalue weighted by Crippen LogP contribution is -2.26. The summed E-state index contributed by atoms with van der Waals surface area (Å²) >= 11 is 0. The number of hydrogen-bond donors (Lipinski definition) is 0. The van der Waals surface area contributed by atoms with Crippen molar-refractivity contribution >= 4 is 0 Å². The van der Waals surface area contributed by atoms with Gasteiger partial charge >= 0.3 is 0 Å². The van der Waals surface area contributed by atoms with Crippen molar-refractivity contribution in [1.82, 2.24) is 9.47 Å². The maximum Gasteiger partial charge on any atom is 0.0473 e. The van der Waals surface area contributed by atoms with Gasteiger partial charge in [-0.1, -0.05) is 50.3 Å². The van der Waals surface area contributed by atoms with E-state index in [0.717, 1.165) is 32.1 Å². The van der Waals surface area contributed by atoms with Crippen molar-refractivity contribution in [2.75, 3.05) is 13.1 Å². The SMILES string of the molecule is C=CCN(CCC(C)C)Cc1cccn1Cc1ccccc1. The average molecular weight is 296 g/mol. The molecule has 2 heteroatoms. The van der Waals surface area contributed by atoms with Gasteiger partial charge in [-0.3, -0.25) is 4.90 Å². The van der Waals surface area contributed by atoms with Gasteiger partial charge in [-0.25, -0.2) is 0 Å². The highest BCUT2D eigenvalue weighted by Gasteiger charge is 2.09. The van der Waals surface area contributed by atoms with E-state index in [1.165, 1.54) is 17.7 Å². The Kier molecular flexibility index (Phi) is 6.47. The predicted octanol–water partition coefficient (Wildman–Crippen LogP) is 4.57. The van der Waals surface area contributed by atoms with Crippen molar-refractivity contribution in [3.63, 3.8) is 0 Å². The molecule has 0 saturated heterocycles. The Morgan fingerprint density at radius 2 is 1.91 bits per heavy atom. The maximum atomic E-state index is 3.90. The van der Waals surface area contributed by atoms with E-state index in [-0.39, 0.29) is 0 Å². The molecule has 0 N–H and O–H groups in total.